The zero-order chi connectivity index (χ0) is 45.5. The minimum Gasteiger partial charge on any atom is -0.456 e. The minimum absolute atomic E-state index is 0.0636. The highest BCUT2D eigenvalue weighted by Gasteiger charge is 2.48. The summed E-state index contributed by atoms with van der Waals surface area (Å²) in [5.74, 6) is 0. The van der Waals surface area contributed by atoms with Crippen LogP contribution in [0.5, 0.6) is 0 Å². The van der Waals surface area contributed by atoms with Crippen LogP contribution in [0.4, 0.5) is 51.2 Å². The maximum Gasteiger partial charge on any atom is 0.252 e. The molecule has 69 heavy (non-hydrogen) atoms. The molecular weight excluding hydrogens is 874 g/mol. The summed E-state index contributed by atoms with van der Waals surface area (Å²) in [6.07, 6.45) is 0. The van der Waals surface area contributed by atoms with Crippen molar-refractivity contribution in [3.63, 3.8) is 0 Å². The van der Waals surface area contributed by atoms with Crippen molar-refractivity contribution in [3.05, 3.63) is 218 Å². The molecule has 0 fully saturated rings. The second kappa shape index (κ2) is 14.5. The number of furan rings is 1. The van der Waals surface area contributed by atoms with Crippen molar-refractivity contribution in [2.75, 3.05) is 14.7 Å². The van der Waals surface area contributed by atoms with Gasteiger partial charge in [0, 0.05) is 65.2 Å². The van der Waals surface area contributed by atoms with Crippen LogP contribution in [0.25, 0.3) is 53.2 Å². The number of anilines is 9. The molecule has 2 aromatic heterocycles. The van der Waals surface area contributed by atoms with Crippen LogP contribution in [0.15, 0.2) is 223 Å². The molecule has 324 valence electrons. The summed E-state index contributed by atoms with van der Waals surface area (Å²) in [5.41, 5.74) is 18.8. The van der Waals surface area contributed by atoms with Gasteiger partial charge in [-0.05, 0) is 111 Å². The van der Waals surface area contributed by atoms with Gasteiger partial charge < -0.3 is 19.1 Å². The largest absolute Gasteiger partial charge is 0.456 e. The van der Waals surface area contributed by atoms with E-state index in [4.69, 9.17) is 4.42 Å². The third-order valence-corrected chi connectivity index (χ3v) is 19.9. The van der Waals surface area contributed by atoms with E-state index in [0.29, 0.717) is 0 Å². The molecule has 7 heteroatoms. The third kappa shape index (κ3) is 5.40. The molecule has 0 atom stereocenters. The molecule has 3 aliphatic rings. The van der Waals surface area contributed by atoms with E-state index in [0.717, 1.165) is 50.4 Å². The molecule has 0 bridgehead atoms. The molecule has 0 N–H and O–H groups in total. The van der Waals surface area contributed by atoms with E-state index in [-0.39, 0.29) is 6.71 Å². The predicted molar refractivity (Wildman–Crippen MR) is 298 cm³/mol. The summed E-state index contributed by atoms with van der Waals surface area (Å²) in [6, 6.07) is 81.1. The molecule has 5 heterocycles. The number of rotatable bonds is 5. The van der Waals surface area contributed by atoms with Crippen molar-refractivity contribution in [2.24, 2.45) is 0 Å². The van der Waals surface area contributed by atoms with Gasteiger partial charge >= 0.3 is 0 Å². The Bertz CT molecular complexity index is 4090. The van der Waals surface area contributed by atoms with Crippen LogP contribution in [-0.2, 0) is 0 Å². The zero-order valence-electron chi connectivity index (χ0n) is 38.0. The Labute approximate surface area is 405 Å². The van der Waals surface area contributed by atoms with Crippen LogP contribution in [0, 0.1) is 0 Å². The number of fused-ring (bicyclic) bond motifs is 15. The van der Waals surface area contributed by atoms with Gasteiger partial charge in [-0.3, -0.25) is 0 Å². The lowest BCUT2D eigenvalue weighted by molar-refractivity contribution is 0.669. The molecule has 0 radical (unpaired) electrons. The van der Waals surface area contributed by atoms with Crippen LogP contribution >= 0.6 is 11.3 Å². The first-order chi connectivity index (χ1) is 34.0. The van der Waals surface area contributed by atoms with Gasteiger partial charge in [0.2, 0.25) is 0 Å². The quantitative estimate of drug-likeness (QED) is 0.161. The van der Waals surface area contributed by atoms with Crippen molar-refractivity contribution in [3.8, 4) is 11.1 Å². The highest BCUT2D eigenvalue weighted by Crippen LogP contribution is 2.53. The highest BCUT2D eigenvalue weighted by atomic mass is 32.1. The fourth-order valence-electron chi connectivity index (χ4n) is 12.3. The molecule has 0 aliphatic carbocycles. The smallest absolute Gasteiger partial charge is 0.252 e. The first kappa shape index (κ1) is 39.0. The van der Waals surface area contributed by atoms with Crippen LogP contribution < -0.4 is 41.5 Å². The summed E-state index contributed by atoms with van der Waals surface area (Å²) < 4.78 is 9.21. The van der Waals surface area contributed by atoms with Gasteiger partial charge in [0.05, 0.1) is 22.4 Å². The number of para-hydroxylation sites is 4. The summed E-state index contributed by atoms with van der Waals surface area (Å²) in [7, 11) is -2.09. The molecule has 3 aliphatic heterocycles. The summed E-state index contributed by atoms with van der Waals surface area (Å²) >= 11 is 1.89. The molecular formula is C62H42BN3OSSi. The zero-order valence-corrected chi connectivity index (χ0v) is 39.8. The molecule has 0 saturated carbocycles. The monoisotopic (exact) mass is 915 g/mol. The fraction of sp³-hybridized carbons (Fsp3) is 0.0323. The number of benzene rings is 10. The lowest BCUT2D eigenvalue weighted by Crippen LogP contribution is -2.62. The second-order valence-electron chi connectivity index (χ2n) is 19.2. The van der Waals surface area contributed by atoms with Gasteiger partial charge in [-0.15, -0.1) is 11.3 Å². The molecule has 15 rings (SSSR count). The number of hydrogen-bond acceptors (Lipinski definition) is 5. The van der Waals surface area contributed by atoms with E-state index in [9.17, 15) is 0 Å². The SMILES string of the molecule is C[Si]1(C)c2ccccc2-c2c1ccc1c2N(c2ccccc2)c2cc(N(c3ccccc3)c3cccc4oc5ccccc5c34)cc3c2B1c1ccc2sc4ccccc4c2c1N3c1ccccc1. The van der Waals surface area contributed by atoms with Gasteiger partial charge in [0.15, 0.2) is 0 Å². The van der Waals surface area contributed by atoms with Crippen molar-refractivity contribution < 1.29 is 4.42 Å². The van der Waals surface area contributed by atoms with Crippen LogP contribution in [0.2, 0.25) is 13.1 Å². The Morgan fingerprint density at radius 2 is 1.09 bits per heavy atom. The number of thiophene rings is 1. The standard InChI is InChI=1S/C62H42BN3OSSi/c1-69(2)55-32-17-14-27-45(55)59-56(69)36-34-47-62(59)66(41-23-10-5-11-24-41)50-38-42(64(39-19-6-3-7-20-39)48-28-18-30-52-57(48)43-25-12-15-29-51(43)67-52)37-49-60(50)63(47)46-33-35-54-58(44-26-13-16-31-53(44)68-54)61(46)65(49)40-21-8-4-9-22-40/h3-38H,1-2H3. The maximum absolute atomic E-state index is 6.62. The van der Waals surface area contributed by atoms with E-state index in [1.54, 1.807) is 0 Å². The molecule has 0 saturated heterocycles. The minimum atomic E-state index is -2.09. The normalized spacial score (nSPS) is 14.0. The van der Waals surface area contributed by atoms with Gasteiger partial charge in [0.1, 0.15) is 19.2 Å². The summed E-state index contributed by atoms with van der Waals surface area (Å²) in [5, 5.41) is 7.77. The van der Waals surface area contributed by atoms with E-state index >= 15 is 0 Å². The molecule has 0 spiro atoms. The van der Waals surface area contributed by atoms with Gasteiger partial charge in [-0.25, -0.2) is 0 Å². The van der Waals surface area contributed by atoms with Gasteiger partial charge in [0.25, 0.3) is 6.71 Å². The average molecular weight is 916 g/mol. The van der Waals surface area contributed by atoms with E-state index in [1.807, 2.05) is 11.3 Å². The molecule has 0 amide bonds. The first-order valence-corrected chi connectivity index (χ1v) is 27.7. The van der Waals surface area contributed by atoms with Crippen LogP contribution in [0.3, 0.4) is 0 Å². The van der Waals surface area contributed by atoms with Crippen molar-refractivity contribution in [1.29, 1.82) is 0 Å². The topological polar surface area (TPSA) is 22.9 Å². The Hall–Kier alpha value is -8.10. The third-order valence-electron chi connectivity index (χ3n) is 15.2. The van der Waals surface area contributed by atoms with Crippen molar-refractivity contribution >= 4 is 146 Å². The van der Waals surface area contributed by atoms with Gasteiger partial charge in [-0.2, -0.15) is 0 Å². The van der Waals surface area contributed by atoms with E-state index < -0.39 is 8.07 Å². The summed E-state index contributed by atoms with van der Waals surface area (Å²) in [4.78, 5) is 7.69. The molecule has 10 aromatic carbocycles. The van der Waals surface area contributed by atoms with Gasteiger partial charge in [-0.1, -0.05) is 153 Å². The first-order valence-electron chi connectivity index (χ1n) is 23.9. The number of hydrogen-bond donors (Lipinski definition) is 0. The molecule has 12 aromatic rings. The van der Waals surface area contributed by atoms with Crippen molar-refractivity contribution in [2.45, 2.75) is 13.1 Å². The van der Waals surface area contributed by atoms with E-state index in [1.165, 1.54) is 80.8 Å². The Balaban J connectivity index is 1.14. The second-order valence-corrected chi connectivity index (χ2v) is 24.6. The van der Waals surface area contributed by atoms with Crippen molar-refractivity contribution in [1.82, 2.24) is 0 Å². The highest BCUT2D eigenvalue weighted by molar-refractivity contribution is 7.26. The van der Waals surface area contributed by atoms with Crippen LogP contribution in [-0.4, -0.2) is 14.8 Å². The predicted octanol–water partition coefficient (Wildman–Crippen LogP) is 14.3. The molecule has 0 unspecified atom stereocenters. The average Bonchev–Trinajstić information content (AvgIpc) is 4.05. The Kier molecular flexibility index (Phi) is 8.16. The lowest BCUT2D eigenvalue weighted by Gasteiger charge is -2.46. The Morgan fingerprint density at radius 3 is 1.86 bits per heavy atom. The summed E-state index contributed by atoms with van der Waals surface area (Å²) in [6.45, 7) is 5.01. The maximum atomic E-state index is 6.62. The number of nitrogens with zero attached hydrogens (tertiary/aromatic N) is 3. The molecule has 4 nitrogen and oxygen atoms in total. The lowest BCUT2D eigenvalue weighted by atomic mass is 9.33. The fourth-order valence-corrected chi connectivity index (χ4v) is 16.5. The Morgan fingerprint density at radius 1 is 0.478 bits per heavy atom. The van der Waals surface area contributed by atoms with Crippen LogP contribution in [0.1, 0.15) is 0 Å². The van der Waals surface area contributed by atoms with E-state index in [2.05, 4.69) is 246 Å².